The minimum atomic E-state index is -4.80. The van der Waals surface area contributed by atoms with Gasteiger partial charge in [-0.25, -0.2) is 26.6 Å². The van der Waals surface area contributed by atoms with E-state index in [2.05, 4.69) is 9.97 Å². The Morgan fingerprint density at radius 2 is 1.79 bits per heavy atom. The lowest BCUT2D eigenvalue weighted by Gasteiger charge is -2.15. The van der Waals surface area contributed by atoms with Crippen LogP contribution in [0.15, 0.2) is 53.7 Å². The molecule has 200 valence electrons. The molecule has 5 nitrogen and oxygen atoms in total. The van der Waals surface area contributed by atoms with Crippen molar-refractivity contribution in [3.8, 4) is 33.9 Å². The van der Waals surface area contributed by atoms with E-state index in [-0.39, 0.29) is 45.2 Å². The molecule has 3 aliphatic rings. The van der Waals surface area contributed by atoms with Crippen LogP contribution in [0.25, 0.3) is 33.9 Å². The highest BCUT2D eigenvalue weighted by molar-refractivity contribution is 7.91. The number of fused-ring (bicyclic) bond motifs is 1. The summed E-state index contributed by atoms with van der Waals surface area (Å²) in [6.07, 6.45) is -4.05. The second kappa shape index (κ2) is 9.40. The number of alkyl halides is 5. The summed E-state index contributed by atoms with van der Waals surface area (Å²) >= 11 is 0. The maximum Gasteiger partial charge on any atom is 0.417 e. The molecule has 0 spiro atoms. The number of aromatic nitrogens is 3. The zero-order chi connectivity index (χ0) is 27.4. The Bertz CT molecular complexity index is 1590. The van der Waals surface area contributed by atoms with Crippen molar-refractivity contribution in [3.05, 3.63) is 65.7 Å². The molecule has 0 unspecified atom stereocenters. The van der Waals surface area contributed by atoms with Crippen LogP contribution in [-0.2, 0) is 22.6 Å². The van der Waals surface area contributed by atoms with Gasteiger partial charge in [-0.1, -0.05) is 13.0 Å². The van der Waals surface area contributed by atoms with Gasteiger partial charge in [0.15, 0.2) is 9.84 Å². The third-order valence-electron chi connectivity index (χ3n) is 6.49. The maximum absolute atomic E-state index is 14.3. The Kier molecular flexibility index (Phi) is 6.49. The zero-order valence-corrected chi connectivity index (χ0v) is 20.8. The molecule has 1 aromatic carbocycles. The highest BCUT2D eigenvalue weighted by Crippen LogP contribution is 2.43. The minimum Gasteiger partial charge on any atom is -0.340 e. The third-order valence-corrected chi connectivity index (χ3v) is 8.23. The number of sulfone groups is 1. The van der Waals surface area contributed by atoms with Gasteiger partial charge in [-0.15, -0.1) is 0 Å². The molecule has 38 heavy (non-hydrogen) atoms. The quantitative estimate of drug-likeness (QED) is 0.236. The van der Waals surface area contributed by atoms with E-state index in [9.17, 15) is 34.8 Å². The lowest BCUT2D eigenvalue weighted by Crippen LogP contribution is -2.14. The molecular formula is C26H21F6N3O2S. The van der Waals surface area contributed by atoms with Crippen molar-refractivity contribution in [1.82, 2.24) is 14.5 Å². The maximum atomic E-state index is 14.3. The summed E-state index contributed by atoms with van der Waals surface area (Å²) < 4.78 is 108. The largest absolute Gasteiger partial charge is 0.417 e. The monoisotopic (exact) mass is 553 g/mol. The second-order valence-corrected chi connectivity index (χ2v) is 11.4. The van der Waals surface area contributed by atoms with Gasteiger partial charge in [0.1, 0.15) is 11.5 Å². The van der Waals surface area contributed by atoms with E-state index in [0.717, 1.165) is 23.5 Å². The van der Waals surface area contributed by atoms with Crippen molar-refractivity contribution in [2.24, 2.45) is 0 Å². The van der Waals surface area contributed by atoms with Crippen LogP contribution in [0.5, 0.6) is 0 Å². The van der Waals surface area contributed by atoms with Gasteiger partial charge in [-0.2, -0.15) is 13.2 Å². The number of rotatable bonds is 7. The number of halogens is 6. The molecule has 0 N–H and O–H groups in total. The highest BCUT2D eigenvalue weighted by Gasteiger charge is 2.34. The molecule has 12 heteroatoms. The molecule has 5 rings (SSSR count). The van der Waals surface area contributed by atoms with E-state index >= 15 is 0 Å². The Hall–Kier alpha value is -3.41. The summed E-state index contributed by atoms with van der Waals surface area (Å²) in [5.41, 5.74) is -0.0917. The fourth-order valence-corrected chi connectivity index (χ4v) is 5.44. The first-order chi connectivity index (χ1) is 17.9. The van der Waals surface area contributed by atoms with Crippen molar-refractivity contribution in [3.63, 3.8) is 0 Å². The highest BCUT2D eigenvalue weighted by atomic mass is 32.2. The molecule has 3 heterocycles. The van der Waals surface area contributed by atoms with Crippen LogP contribution in [0, 0.1) is 5.82 Å². The van der Waals surface area contributed by atoms with E-state index in [1.807, 2.05) is 0 Å². The Labute approximate surface area is 214 Å². The molecule has 0 bridgehead atoms. The summed E-state index contributed by atoms with van der Waals surface area (Å²) in [6, 6.07) is 7.84. The van der Waals surface area contributed by atoms with Gasteiger partial charge in [0.05, 0.1) is 39.8 Å². The van der Waals surface area contributed by atoms with E-state index in [4.69, 9.17) is 0 Å². The molecule has 0 radical (unpaired) electrons. The molecule has 1 fully saturated rings. The van der Waals surface area contributed by atoms with Crippen molar-refractivity contribution in [2.75, 3.05) is 5.75 Å². The summed E-state index contributed by atoms with van der Waals surface area (Å²) in [5.74, 6) is -0.528. The van der Waals surface area contributed by atoms with Gasteiger partial charge in [-0.3, -0.25) is 4.98 Å². The first kappa shape index (κ1) is 26.2. The van der Waals surface area contributed by atoms with Crippen molar-refractivity contribution in [2.45, 2.75) is 49.7 Å². The van der Waals surface area contributed by atoms with Crippen LogP contribution in [-0.4, -0.2) is 35.1 Å². The summed E-state index contributed by atoms with van der Waals surface area (Å²) in [6.45, 7) is 0.419. The summed E-state index contributed by atoms with van der Waals surface area (Å²) in [7, 11) is -3.91. The second-order valence-electron chi connectivity index (χ2n) is 9.17. The fourth-order valence-electron chi connectivity index (χ4n) is 4.37. The van der Waals surface area contributed by atoms with Crippen LogP contribution >= 0.6 is 0 Å². The molecule has 0 saturated heterocycles. The van der Waals surface area contributed by atoms with Gasteiger partial charge in [0.25, 0.3) is 6.43 Å². The molecule has 2 aromatic rings. The number of pyridine rings is 2. The predicted octanol–water partition coefficient (Wildman–Crippen LogP) is 6.81. The molecule has 2 aliphatic heterocycles. The van der Waals surface area contributed by atoms with Crippen molar-refractivity contribution < 1.29 is 34.8 Å². The molecule has 1 aliphatic carbocycles. The van der Waals surface area contributed by atoms with E-state index in [1.165, 1.54) is 37.4 Å². The summed E-state index contributed by atoms with van der Waals surface area (Å²) in [5, 5.41) is 0. The average Bonchev–Trinajstić information content (AvgIpc) is 3.60. The van der Waals surface area contributed by atoms with Gasteiger partial charge in [0, 0.05) is 18.0 Å². The average molecular weight is 554 g/mol. The standard InChI is InChI=1S/C26H21F6N3O2S/c1-2-38(36,37)23-8-16(15-5-6-19(27)18(7-15)14-3-4-14)11-33-25(23)21-10-22-20(34-21)9-17(26(30,31)32)12-35(22)13-24(28)29/h5-12,14,24H,2-4,13H2,1H3. The zero-order valence-electron chi connectivity index (χ0n) is 19.9. The van der Waals surface area contributed by atoms with Gasteiger partial charge in [-0.05, 0) is 60.2 Å². The number of hydrogen-bond donors (Lipinski definition) is 0. The Morgan fingerprint density at radius 3 is 2.42 bits per heavy atom. The van der Waals surface area contributed by atoms with E-state index < -0.39 is 34.5 Å². The molecule has 0 amide bonds. The predicted molar refractivity (Wildman–Crippen MR) is 128 cm³/mol. The normalized spacial score (nSPS) is 14.5. The topological polar surface area (TPSA) is 64.8 Å². The number of hydrogen-bond acceptors (Lipinski definition) is 4. The first-order valence-electron chi connectivity index (χ1n) is 11.8. The smallest absolute Gasteiger partial charge is 0.340 e. The van der Waals surface area contributed by atoms with Crippen LogP contribution < -0.4 is 0 Å². The molecule has 1 saturated carbocycles. The SMILES string of the molecule is CCS(=O)(=O)c1cc(-c2ccc(F)c(C3CC3)c2)cnc1-c1cc2n(CC(F)F)cc(C(F)(F)F)cc-2n1. The third kappa shape index (κ3) is 5.01. The van der Waals surface area contributed by atoms with Crippen molar-refractivity contribution in [1.29, 1.82) is 0 Å². The van der Waals surface area contributed by atoms with Gasteiger partial charge >= 0.3 is 6.18 Å². The number of nitrogens with zero attached hydrogens (tertiary/aromatic N) is 3. The minimum absolute atomic E-state index is 0.0216. The number of benzene rings is 1. The Morgan fingerprint density at radius 1 is 1.05 bits per heavy atom. The van der Waals surface area contributed by atoms with E-state index in [1.54, 1.807) is 6.07 Å². The summed E-state index contributed by atoms with van der Waals surface area (Å²) in [4.78, 5) is 8.23. The molecule has 1 aromatic heterocycles. The fraction of sp³-hybridized carbons (Fsp3) is 0.308. The lowest BCUT2D eigenvalue weighted by molar-refractivity contribution is -0.138. The lowest BCUT2D eigenvalue weighted by atomic mass is 10.0. The molecular weight excluding hydrogens is 532 g/mol. The first-order valence-corrected chi connectivity index (χ1v) is 13.4. The van der Waals surface area contributed by atoms with Crippen LogP contribution in [0.4, 0.5) is 26.3 Å². The van der Waals surface area contributed by atoms with Gasteiger partial charge in [0.2, 0.25) is 0 Å². The van der Waals surface area contributed by atoms with Crippen LogP contribution in [0.3, 0.4) is 0 Å². The van der Waals surface area contributed by atoms with Gasteiger partial charge < -0.3 is 4.57 Å². The molecule has 0 atom stereocenters. The van der Waals surface area contributed by atoms with E-state index in [0.29, 0.717) is 22.9 Å². The Balaban J connectivity index is 1.67. The van der Waals surface area contributed by atoms with Crippen molar-refractivity contribution >= 4 is 9.84 Å². The van der Waals surface area contributed by atoms with Crippen LogP contribution in [0.1, 0.15) is 36.8 Å². The van der Waals surface area contributed by atoms with Crippen LogP contribution in [0.2, 0.25) is 0 Å².